The number of rotatable bonds is 4. The summed E-state index contributed by atoms with van der Waals surface area (Å²) in [5, 5.41) is 5.74. The minimum Gasteiger partial charge on any atom is -0.347 e. The number of benzene rings is 2. The first-order chi connectivity index (χ1) is 13.9. The van der Waals surface area contributed by atoms with Gasteiger partial charge < -0.3 is 10.6 Å². The van der Waals surface area contributed by atoms with Gasteiger partial charge in [-0.15, -0.1) is 0 Å². The summed E-state index contributed by atoms with van der Waals surface area (Å²) < 4.78 is 27.9. The maximum Gasteiger partial charge on any atom is 0.255 e. The topological polar surface area (TPSA) is 66.9 Å². The molecule has 0 saturated carbocycles. The predicted octanol–water partition coefficient (Wildman–Crippen LogP) is 5.07. The third kappa shape index (κ3) is 3.91. The first kappa shape index (κ1) is 19.3. The quantitative estimate of drug-likeness (QED) is 0.625. The van der Waals surface area contributed by atoms with Gasteiger partial charge in [0.25, 0.3) is 5.91 Å². The molecule has 3 aromatic rings. The highest BCUT2D eigenvalue weighted by Gasteiger charge is 2.30. The van der Waals surface area contributed by atoms with Crippen molar-refractivity contribution in [1.82, 2.24) is 9.97 Å². The van der Waals surface area contributed by atoms with Crippen LogP contribution in [0.4, 0.5) is 20.4 Å². The van der Waals surface area contributed by atoms with Gasteiger partial charge in [-0.2, -0.15) is 0 Å². The van der Waals surface area contributed by atoms with Crippen LogP contribution in [0.3, 0.4) is 0 Å². The zero-order valence-electron chi connectivity index (χ0n) is 15.5. The van der Waals surface area contributed by atoms with Crippen LogP contribution < -0.4 is 10.6 Å². The normalized spacial score (nSPS) is 15.1. The number of amides is 1. The Kier molecular flexibility index (Phi) is 5.15. The molecule has 148 valence electrons. The summed E-state index contributed by atoms with van der Waals surface area (Å²) in [6.07, 6.45) is 4.50. The molecule has 1 heterocycles. The molecule has 0 bridgehead atoms. The molecule has 5 nitrogen and oxygen atoms in total. The van der Waals surface area contributed by atoms with E-state index in [-0.39, 0.29) is 16.9 Å². The number of carbonyl (C=O) groups is 1. The van der Waals surface area contributed by atoms with E-state index >= 15 is 0 Å². The van der Waals surface area contributed by atoms with E-state index in [1.165, 1.54) is 30.3 Å². The monoisotopic (exact) mass is 414 g/mol. The zero-order valence-corrected chi connectivity index (χ0v) is 16.2. The van der Waals surface area contributed by atoms with Gasteiger partial charge in [0, 0.05) is 29.2 Å². The standard InChI is InChI=1S/C21H17ClF2N4O/c1-11-9-25-21(26-10-11)28-18-7-4-13-14(3-6-17(24)19(13)18)20(29)27-12-2-5-16(23)15(22)8-12/h2-3,5-6,8-10,18H,4,7H2,1H3,(H,27,29)(H,25,26,28)/t18-/m0/s1. The summed E-state index contributed by atoms with van der Waals surface area (Å²) in [5.41, 5.74) is 2.74. The van der Waals surface area contributed by atoms with Gasteiger partial charge in [0.1, 0.15) is 11.6 Å². The van der Waals surface area contributed by atoms with Gasteiger partial charge in [0.2, 0.25) is 5.95 Å². The van der Waals surface area contributed by atoms with Crippen molar-refractivity contribution in [1.29, 1.82) is 0 Å². The average Bonchev–Trinajstić information content (AvgIpc) is 3.11. The molecule has 0 fully saturated rings. The zero-order chi connectivity index (χ0) is 20.5. The molecule has 1 aliphatic carbocycles. The maximum absolute atomic E-state index is 14.6. The second-order valence-electron chi connectivity index (χ2n) is 6.89. The number of fused-ring (bicyclic) bond motifs is 1. The fourth-order valence-electron chi connectivity index (χ4n) is 3.47. The van der Waals surface area contributed by atoms with Crippen molar-refractivity contribution in [3.8, 4) is 0 Å². The smallest absolute Gasteiger partial charge is 0.255 e. The molecule has 4 rings (SSSR count). The minimum absolute atomic E-state index is 0.0884. The number of hydrogen-bond acceptors (Lipinski definition) is 4. The highest BCUT2D eigenvalue weighted by Crippen LogP contribution is 2.37. The minimum atomic E-state index is -0.570. The lowest BCUT2D eigenvalue weighted by atomic mass is 10.0. The van der Waals surface area contributed by atoms with Gasteiger partial charge in [-0.3, -0.25) is 4.79 Å². The molecule has 29 heavy (non-hydrogen) atoms. The van der Waals surface area contributed by atoms with E-state index in [2.05, 4.69) is 20.6 Å². The molecule has 2 N–H and O–H groups in total. The molecule has 0 spiro atoms. The van der Waals surface area contributed by atoms with Crippen molar-refractivity contribution < 1.29 is 13.6 Å². The van der Waals surface area contributed by atoms with Crippen LogP contribution in [-0.4, -0.2) is 15.9 Å². The predicted molar refractivity (Wildman–Crippen MR) is 107 cm³/mol. The fourth-order valence-corrected chi connectivity index (χ4v) is 3.65. The molecule has 8 heteroatoms. The van der Waals surface area contributed by atoms with Crippen LogP contribution in [0, 0.1) is 18.6 Å². The lowest BCUT2D eigenvalue weighted by Gasteiger charge is -2.16. The number of nitrogens with zero attached hydrogens (tertiary/aromatic N) is 2. The Morgan fingerprint density at radius 1 is 1.14 bits per heavy atom. The van der Waals surface area contributed by atoms with E-state index in [9.17, 15) is 13.6 Å². The maximum atomic E-state index is 14.6. The number of nitrogens with one attached hydrogen (secondary N) is 2. The number of hydrogen-bond donors (Lipinski definition) is 2. The molecule has 1 aromatic heterocycles. The first-order valence-electron chi connectivity index (χ1n) is 9.05. The Morgan fingerprint density at radius 3 is 2.59 bits per heavy atom. The third-order valence-electron chi connectivity index (χ3n) is 4.84. The summed E-state index contributed by atoms with van der Waals surface area (Å²) >= 11 is 5.77. The summed E-state index contributed by atoms with van der Waals surface area (Å²) in [7, 11) is 0. The van der Waals surface area contributed by atoms with Crippen molar-refractivity contribution in [3.05, 3.63) is 81.6 Å². The van der Waals surface area contributed by atoms with Crippen LogP contribution in [0.1, 0.15) is 39.5 Å². The summed E-state index contributed by atoms with van der Waals surface area (Å²) in [4.78, 5) is 21.2. The van der Waals surface area contributed by atoms with Gasteiger partial charge in [0.05, 0.1) is 11.1 Å². The van der Waals surface area contributed by atoms with Crippen LogP contribution in [0.15, 0.2) is 42.7 Å². The van der Waals surface area contributed by atoms with E-state index < -0.39 is 11.7 Å². The molecule has 1 atom stereocenters. The second-order valence-corrected chi connectivity index (χ2v) is 7.30. The van der Waals surface area contributed by atoms with Crippen LogP contribution in [0.2, 0.25) is 5.02 Å². The molecule has 1 amide bonds. The second kappa shape index (κ2) is 7.75. The lowest BCUT2D eigenvalue weighted by Crippen LogP contribution is -2.16. The van der Waals surface area contributed by atoms with E-state index in [4.69, 9.17) is 11.6 Å². The molecular weight excluding hydrogens is 398 g/mol. The Labute approximate surface area is 171 Å². The first-order valence-corrected chi connectivity index (χ1v) is 9.43. The number of aromatic nitrogens is 2. The molecule has 0 aliphatic heterocycles. The van der Waals surface area contributed by atoms with Crippen molar-refractivity contribution in [2.45, 2.75) is 25.8 Å². The van der Waals surface area contributed by atoms with Gasteiger partial charge in [-0.05, 0) is 61.2 Å². The van der Waals surface area contributed by atoms with E-state index in [0.29, 0.717) is 41.2 Å². The molecule has 2 aromatic carbocycles. The Balaban J connectivity index is 1.60. The van der Waals surface area contributed by atoms with Gasteiger partial charge in [-0.1, -0.05) is 11.6 Å². The van der Waals surface area contributed by atoms with Crippen molar-refractivity contribution in [3.63, 3.8) is 0 Å². The van der Waals surface area contributed by atoms with Crippen molar-refractivity contribution in [2.75, 3.05) is 10.6 Å². The van der Waals surface area contributed by atoms with Gasteiger partial charge in [-0.25, -0.2) is 18.7 Å². The highest BCUT2D eigenvalue weighted by atomic mass is 35.5. The molecular formula is C21H17ClF2N4O. The Morgan fingerprint density at radius 2 is 1.86 bits per heavy atom. The van der Waals surface area contributed by atoms with Crippen molar-refractivity contribution in [2.24, 2.45) is 0 Å². The largest absolute Gasteiger partial charge is 0.347 e. The van der Waals surface area contributed by atoms with Crippen LogP contribution in [0.25, 0.3) is 0 Å². The van der Waals surface area contributed by atoms with E-state index in [1.54, 1.807) is 12.4 Å². The Hall–Kier alpha value is -3.06. The number of aryl methyl sites for hydroxylation is 1. The number of anilines is 2. The van der Waals surface area contributed by atoms with E-state index in [1.807, 2.05) is 6.92 Å². The lowest BCUT2D eigenvalue weighted by molar-refractivity contribution is 0.102. The third-order valence-corrected chi connectivity index (χ3v) is 5.13. The van der Waals surface area contributed by atoms with Crippen LogP contribution in [0.5, 0.6) is 0 Å². The summed E-state index contributed by atoms with van der Waals surface area (Å²) in [5.74, 6) is -0.956. The summed E-state index contributed by atoms with van der Waals surface area (Å²) in [6, 6.07) is 6.33. The van der Waals surface area contributed by atoms with Crippen LogP contribution >= 0.6 is 11.6 Å². The summed E-state index contributed by atoms with van der Waals surface area (Å²) in [6.45, 7) is 1.88. The number of halogens is 3. The SMILES string of the molecule is Cc1cnc(N[C@H]2CCc3c(C(=O)Nc4ccc(F)c(Cl)c4)ccc(F)c32)nc1. The number of carbonyl (C=O) groups excluding carboxylic acids is 1. The van der Waals surface area contributed by atoms with E-state index in [0.717, 1.165) is 5.56 Å². The molecule has 0 saturated heterocycles. The molecule has 1 aliphatic rings. The molecule has 0 unspecified atom stereocenters. The Bertz CT molecular complexity index is 1090. The van der Waals surface area contributed by atoms with Crippen molar-refractivity contribution >= 4 is 29.1 Å². The van der Waals surface area contributed by atoms with Gasteiger partial charge in [0.15, 0.2) is 0 Å². The van der Waals surface area contributed by atoms with Gasteiger partial charge >= 0.3 is 0 Å². The highest BCUT2D eigenvalue weighted by molar-refractivity contribution is 6.31. The average molecular weight is 415 g/mol. The fraction of sp³-hybridized carbons (Fsp3) is 0.190. The van der Waals surface area contributed by atoms with Crippen LogP contribution in [-0.2, 0) is 6.42 Å². The molecule has 0 radical (unpaired) electrons.